The lowest BCUT2D eigenvalue weighted by Crippen LogP contribution is -2.35. The van der Waals surface area contributed by atoms with Crippen LogP contribution in [0, 0.1) is 6.92 Å². The van der Waals surface area contributed by atoms with E-state index in [1.807, 2.05) is 24.3 Å². The molecule has 0 unspecified atom stereocenters. The number of halogens is 1. The molecular weight excluding hydrogens is 310 g/mol. The van der Waals surface area contributed by atoms with Crippen molar-refractivity contribution in [1.82, 2.24) is 9.97 Å². The summed E-state index contributed by atoms with van der Waals surface area (Å²) in [5.41, 5.74) is 3.07. The van der Waals surface area contributed by atoms with E-state index in [1.54, 1.807) is 0 Å². The molecule has 5 heteroatoms. The van der Waals surface area contributed by atoms with Crippen LogP contribution in [-0.2, 0) is 11.2 Å². The molecular formula is C18H20ClN3O. The third-order valence-corrected chi connectivity index (χ3v) is 4.49. The Balaban J connectivity index is 2.05. The van der Waals surface area contributed by atoms with Gasteiger partial charge in [-0.1, -0.05) is 30.7 Å². The SMILES string of the molecule is CCc1nc(-c2cccc(Cl)c2)nc(N2CCC(=O)CC2)c1C. The van der Waals surface area contributed by atoms with Crippen LogP contribution < -0.4 is 4.90 Å². The number of aromatic nitrogens is 2. The molecule has 1 aromatic heterocycles. The van der Waals surface area contributed by atoms with Crippen LogP contribution in [0.2, 0.25) is 5.02 Å². The maximum Gasteiger partial charge on any atom is 0.161 e. The normalized spacial score (nSPS) is 15.1. The lowest BCUT2D eigenvalue weighted by atomic mass is 10.1. The third kappa shape index (κ3) is 3.37. The fourth-order valence-corrected chi connectivity index (χ4v) is 3.12. The van der Waals surface area contributed by atoms with E-state index < -0.39 is 0 Å². The van der Waals surface area contributed by atoms with E-state index in [9.17, 15) is 4.79 Å². The summed E-state index contributed by atoms with van der Waals surface area (Å²) in [6.45, 7) is 5.62. The predicted octanol–water partition coefficient (Wildman–Crippen LogP) is 3.84. The van der Waals surface area contributed by atoms with Crippen molar-refractivity contribution in [3.05, 3.63) is 40.5 Å². The molecule has 3 rings (SSSR count). The third-order valence-electron chi connectivity index (χ3n) is 4.26. The second-order valence-electron chi connectivity index (χ2n) is 5.83. The molecule has 1 aliphatic heterocycles. The summed E-state index contributed by atoms with van der Waals surface area (Å²) in [7, 11) is 0. The Hall–Kier alpha value is -1.94. The van der Waals surface area contributed by atoms with Gasteiger partial charge in [-0.2, -0.15) is 0 Å². The first-order chi connectivity index (χ1) is 11.1. The van der Waals surface area contributed by atoms with Gasteiger partial charge in [-0.3, -0.25) is 4.79 Å². The van der Waals surface area contributed by atoms with Crippen LogP contribution in [0.15, 0.2) is 24.3 Å². The quantitative estimate of drug-likeness (QED) is 0.858. The maximum absolute atomic E-state index is 11.5. The molecule has 0 amide bonds. The molecule has 0 bridgehead atoms. The minimum atomic E-state index is 0.332. The molecule has 1 aromatic carbocycles. The number of hydrogen-bond acceptors (Lipinski definition) is 4. The second-order valence-corrected chi connectivity index (χ2v) is 6.27. The molecule has 0 radical (unpaired) electrons. The van der Waals surface area contributed by atoms with Gasteiger partial charge in [0.05, 0.1) is 0 Å². The number of carbonyl (C=O) groups is 1. The first-order valence-electron chi connectivity index (χ1n) is 7.98. The number of piperidine rings is 1. The number of Topliss-reactive ketones (excluding diaryl/α,β-unsaturated/α-hetero) is 1. The zero-order valence-corrected chi connectivity index (χ0v) is 14.2. The molecule has 2 aromatic rings. The van der Waals surface area contributed by atoms with Crippen molar-refractivity contribution in [3.8, 4) is 11.4 Å². The van der Waals surface area contributed by atoms with E-state index in [2.05, 4.69) is 18.7 Å². The zero-order valence-electron chi connectivity index (χ0n) is 13.5. The van der Waals surface area contributed by atoms with Crippen molar-refractivity contribution in [2.45, 2.75) is 33.1 Å². The van der Waals surface area contributed by atoms with Gasteiger partial charge < -0.3 is 4.90 Å². The van der Waals surface area contributed by atoms with E-state index in [0.29, 0.717) is 29.5 Å². The average Bonchev–Trinajstić information content (AvgIpc) is 2.56. The summed E-state index contributed by atoms with van der Waals surface area (Å²) >= 11 is 6.10. The summed E-state index contributed by atoms with van der Waals surface area (Å²) in [5.74, 6) is 1.97. The Labute approximate surface area is 141 Å². The van der Waals surface area contributed by atoms with Crippen LogP contribution in [0.1, 0.15) is 31.0 Å². The number of aryl methyl sites for hydroxylation is 1. The van der Waals surface area contributed by atoms with Crippen molar-refractivity contribution in [3.63, 3.8) is 0 Å². The molecule has 2 heterocycles. The molecule has 23 heavy (non-hydrogen) atoms. The number of carbonyl (C=O) groups excluding carboxylic acids is 1. The highest BCUT2D eigenvalue weighted by Gasteiger charge is 2.21. The van der Waals surface area contributed by atoms with E-state index in [4.69, 9.17) is 21.6 Å². The highest BCUT2D eigenvalue weighted by molar-refractivity contribution is 6.30. The number of nitrogens with zero attached hydrogens (tertiary/aromatic N) is 3. The van der Waals surface area contributed by atoms with Crippen molar-refractivity contribution >= 4 is 23.2 Å². The highest BCUT2D eigenvalue weighted by atomic mass is 35.5. The second kappa shape index (κ2) is 6.67. The van der Waals surface area contributed by atoms with Gasteiger partial charge in [-0.05, 0) is 25.5 Å². The van der Waals surface area contributed by atoms with Crippen LogP contribution in [0.25, 0.3) is 11.4 Å². The summed E-state index contributed by atoms with van der Waals surface area (Å²) in [5, 5.41) is 0.676. The Morgan fingerprint density at radius 2 is 1.96 bits per heavy atom. The van der Waals surface area contributed by atoms with Gasteiger partial charge >= 0.3 is 0 Å². The van der Waals surface area contributed by atoms with E-state index in [0.717, 1.165) is 42.1 Å². The molecule has 0 saturated carbocycles. The molecule has 0 atom stereocenters. The molecule has 120 valence electrons. The number of rotatable bonds is 3. The van der Waals surface area contributed by atoms with Crippen LogP contribution in [0.4, 0.5) is 5.82 Å². The summed E-state index contributed by atoms with van der Waals surface area (Å²) in [6.07, 6.45) is 2.04. The zero-order chi connectivity index (χ0) is 16.4. The van der Waals surface area contributed by atoms with Gasteiger partial charge in [0.25, 0.3) is 0 Å². The monoisotopic (exact) mass is 329 g/mol. The smallest absolute Gasteiger partial charge is 0.161 e. The standard InChI is InChI=1S/C18H20ClN3O/c1-3-16-12(2)18(22-9-7-15(23)8-10-22)21-17(20-16)13-5-4-6-14(19)11-13/h4-6,11H,3,7-10H2,1-2H3. The van der Waals surface area contributed by atoms with E-state index in [-0.39, 0.29) is 0 Å². The topological polar surface area (TPSA) is 46.1 Å². The first kappa shape index (κ1) is 15.9. The molecule has 0 aliphatic carbocycles. The number of ketones is 1. The summed E-state index contributed by atoms with van der Waals surface area (Å²) < 4.78 is 0. The van der Waals surface area contributed by atoms with Crippen LogP contribution >= 0.6 is 11.6 Å². The number of hydrogen-bond donors (Lipinski definition) is 0. The van der Waals surface area contributed by atoms with Crippen molar-refractivity contribution < 1.29 is 4.79 Å². The average molecular weight is 330 g/mol. The highest BCUT2D eigenvalue weighted by Crippen LogP contribution is 2.27. The van der Waals surface area contributed by atoms with Crippen LogP contribution in [-0.4, -0.2) is 28.8 Å². The van der Waals surface area contributed by atoms with Crippen LogP contribution in [0.3, 0.4) is 0 Å². The first-order valence-corrected chi connectivity index (χ1v) is 8.36. The van der Waals surface area contributed by atoms with Gasteiger partial charge in [0.2, 0.25) is 0 Å². The number of anilines is 1. The maximum atomic E-state index is 11.5. The molecule has 0 spiro atoms. The molecule has 0 N–H and O–H groups in total. The van der Waals surface area contributed by atoms with Gasteiger partial charge in [0.15, 0.2) is 5.82 Å². The molecule has 1 fully saturated rings. The summed E-state index contributed by atoms with van der Waals surface area (Å²) in [6, 6.07) is 7.61. The van der Waals surface area contributed by atoms with Crippen molar-refractivity contribution in [2.75, 3.05) is 18.0 Å². The minimum absolute atomic E-state index is 0.332. The van der Waals surface area contributed by atoms with E-state index in [1.165, 1.54) is 0 Å². The van der Waals surface area contributed by atoms with Gasteiger partial charge in [-0.25, -0.2) is 9.97 Å². The lowest BCUT2D eigenvalue weighted by molar-refractivity contribution is -0.119. The fourth-order valence-electron chi connectivity index (χ4n) is 2.93. The Morgan fingerprint density at radius 3 is 2.61 bits per heavy atom. The number of benzene rings is 1. The largest absolute Gasteiger partial charge is 0.355 e. The van der Waals surface area contributed by atoms with Crippen molar-refractivity contribution in [2.24, 2.45) is 0 Å². The fraction of sp³-hybridized carbons (Fsp3) is 0.389. The Bertz CT molecular complexity index is 735. The molecule has 1 aliphatic rings. The molecule has 4 nitrogen and oxygen atoms in total. The minimum Gasteiger partial charge on any atom is -0.355 e. The molecule has 1 saturated heterocycles. The van der Waals surface area contributed by atoms with Crippen LogP contribution in [0.5, 0.6) is 0 Å². The van der Waals surface area contributed by atoms with Gasteiger partial charge in [-0.15, -0.1) is 0 Å². The van der Waals surface area contributed by atoms with Gasteiger partial charge in [0.1, 0.15) is 11.6 Å². The predicted molar refractivity (Wildman–Crippen MR) is 93.0 cm³/mol. The Morgan fingerprint density at radius 1 is 1.22 bits per heavy atom. The Kier molecular flexibility index (Phi) is 4.62. The van der Waals surface area contributed by atoms with Crippen molar-refractivity contribution in [1.29, 1.82) is 0 Å². The summed E-state index contributed by atoms with van der Waals surface area (Å²) in [4.78, 5) is 23.2. The van der Waals surface area contributed by atoms with Gasteiger partial charge in [0, 0.05) is 47.8 Å². The lowest BCUT2D eigenvalue weighted by Gasteiger charge is -2.29. The van der Waals surface area contributed by atoms with E-state index >= 15 is 0 Å².